The monoisotopic (exact) mass is 193 g/mol. The highest BCUT2D eigenvalue weighted by Crippen LogP contribution is 2.01. The van der Waals surface area contributed by atoms with Gasteiger partial charge in [-0.3, -0.25) is 0 Å². The van der Waals surface area contributed by atoms with E-state index in [4.69, 9.17) is 5.73 Å². The number of benzene rings is 1. The molecule has 0 bridgehead atoms. The molecule has 0 saturated carbocycles. The lowest BCUT2D eigenvalue weighted by Crippen LogP contribution is -2.30. The molecule has 0 heterocycles. The fraction of sp³-hybridized carbons (Fsp3) is 0.200. The number of nitrogens with two attached hydrogens (primary N) is 1. The molecule has 1 rings (SSSR count). The SMILES string of the molecule is C[C@H](N)C(=O)OC(=O)c1ccccc1. The average molecular weight is 193 g/mol. The zero-order chi connectivity index (χ0) is 10.6. The van der Waals surface area contributed by atoms with Crippen LogP contribution < -0.4 is 5.73 Å². The summed E-state index contributed by atoms with van der Waals surface area (Å²) in [6.07, 6.45) is 0. The Bertz CT molecular complexity index is 332. The Balaban J connectivity index is 2.65. The van der Waals surface area contributed by atoms with Gasteiger partial charge in [-0.1, -0.05) is 18.2 Å². The number of rotatable bonds is 2. The lowest BCUT2D eigenvalue weighted by molar-refractivity contribution is -0.139. The van der Waals surface area contributed by atoms with E-state index < -0.39 is 18.0 Å². The molecule has 0 aliphatic carbocycles. The average Bonchev–Trinajstić information content (AvgIpc) is 2.19. The van der Waals surface area contributed by atoms with Crippen molar-refractivity contribution >= 4 is 11.9 Å². The van der Waals surface area contributed by atoms with Crippen molar-refractivity contribution < 1.29 is 14.3 Å². The van der Waals surface area contributed by atoms with E-state index in [0.717, 1.165) is 0 Å². The quantitative estimate of drug-likeness (QED) is 0.555. The number of esters is 2. The van der Waals surface area contributed by atoms with Crippen molar-refractivity contribution in [3.63, 3.8) is 0 Å². The standard InChI is InChI=1S/C10H11NO3/c1-7(11)9(12)14-10(13)8-5-3-2-4-6-8/h2-7H,11H2,1H3/t7-/m0/s1. The molecule has 0 unspecified atom stereocenters. The van der Waals surface area contributed by atoms with Gasteiger partial charge in [-0.25, -0.2) is 9.59 Å². The molecule has 74 valence electrons. The minimum Gasteiger partial charge on any atom is -0.388 e. The van der Waals surface area contributed by atoms with Crippen LogP contribution in [0.25, 0.3) is 0 Å². The van der Waals surface area contributed by atoms with Gasteiger partial charge in [0.25, 0.3) is 0 Å². The Morgan fingerprint density at radius 1 is 1.29 bits per heavy atom. The first-order valence-corrected chi connectivity index (χ1v) is 4.18. The lowest BCUT2D eigenvalue weighted by atomic mass is 10.2. The van der Waals surface area contributed by atoms with Gasteiger partial charge in [0.15, 0.2) is 0 Å². The summed E-state index contributed by atoms with van der Waals surface area (Å²) in [5.74, 6) is -1.40. The molecular weight excluding hydrogens is 182 g/mol. The first-order valence-electron chi connectivity index (χ1n) is 4.18. The van der Waals surface area contributed by atoms with E-state index in [0.29, 0.717) is 5.56 Å². The minimum atomic E-state index is -0.789. The van der Waals surface area contributed by atoms with Crippen LogP contribution in [0.2, 0.25) is 0 Å². The number of hydrogen-bond acceptors (Lipinski definition) is 4. The predicted molar refractivity (Wildman–Crippen MR) is 50.5 cm³/mol. The molecule has 1 aromatic carbocycles. The first kappa shape index (κ1) is 10.4. The number of ether oxygens (including phenoxy) is 1. The fourth-order valence-corrected chi connectivity index (χ4v) is 0.817. The lowest BCUT2D eigenvalue weighted by Gasteiger charge is -2.04. The van der Waals surface area contributed by atoms with Crippen LogP contribution in [0, 0.1) is 0 Å². The van der Waals surface area contributed by atoms with Gasteiger partial charge in [-0.15, -0.1) is 0 Å². The van der Waals surface area contributed by atoms with E-state index in [1.54, 1.807) is 30.3 Å². The summed E-state index contributed by atoms with van der Waals surface area (Å²) < 4.78 is 4.50. The van der Waals surface area contributed by atoms with Gasteiger partial charge < -0.3 is 10.5 Å². The topological polar surface area (TPSA) is 69.4 Å². The summed E-state index contributed by atoms with van der Waals surface area (Å²) in [7, 11) is 0. The van der Waals surface area contributed by atoms with Crippen LogP contribution in [0.4, 0.5) is 0 Å². The third-order valence-corrected chi connectivity index (χ3v) is 1.57. The fourth-order valence-electron chi connectivity index (χ4n) is 0.817. The van der Waals surface area contributed by atoms with Gasteiger partial charge in [-0.2, -0.15) is 0 Å². The van der Waals surface area contributed by atoms with Crippen LogP contribution in [0.15, 0.2) is 30.3 Å². The Hall–Kier alpha value is -1.68. The normalized spacial score (nSPS) is 11.9. The molecule has 0 fully saturated rings. The largest absolute Gasteiger partial charge is 0.388 e. The maximum absolute atomic E-state index is 11.3. The summed E-state index contributed by atoms with van der Waals surface area (Å²) in [4.78, 5) is 22.2. The van der Waals surface area contributed by atoms with Crippen molar-refractivity contribution in [2.45, 2.75) is 13.0 Å². The van der Waals surface area contributed by atoms with Crippen LogP contribution in [-0.4, -0.2) is 18.0 Å². The highest BCUT2D eigenvalue weighted by atomic mass is 16.6. The molecule has 0 aliphatic rings. The van der Waals surface area contributed by atoms with Crippen LogP contribution in [0.1, 0.15) is 17.3 Å². The number of hydrogen-bond donors (Lipinski definition) is 1. The van der Waals surface area contributed by atoms with Gasteiger partial charge in [0.2, 0.25) is 0 Å². The summed E-state index contributed by atoms with van der Waals surface area (Å²) in [6.45, 7) is 1.46. The van der Waals surface area contributed by atoms with Gasteiger partial charge in [0.1, 0.15) is 6.04 Å². The molecule has 14 heavy (non-hydrogen) atoms. The maximum atomic E-state index is 11.3. The Morgan fingerprint density at radius 2 is 1.86 bits per heavy atom. The molecule has 0 aliphatic heterocycles. The van der Waals surface area contributed by atoms with E-state index in [-0.39, 0.29) is 0 Å². The third-order valence-electron chi connectivity index (χ3n) is 1.57. The molecule has 4 heteroatoms. The molecule has 0 spiro atoms. The highest BCUT2D eigenvalue weighted by molar-refractivity contribution is 5.97. The highest BCUT2D eigenvalue weighted by Gasteiger charge is 2.15. The number of carbonyl (C=O) groups is 2. The minimum absolute atomic E-state index is 0.335. The van der Waals surface area contributed by atoms with Crippen molar-refractivity contribution in [2.75, 3.05) is 0 Å². The summed E-state index contributed by atoms with van der Waals surface area (Å²) in [6, 6.07) is 7.49. The zero-order valence-corrected chi connectivity index (χ0v) is 7.77. The molecule has 1 atom stereocenters. The van der Waals surface area contributed by atoms with Crippen molar-refractivity contribution in [1.82, 2.24) is 0 Å². The summed E-state index contributed by atoms with van der Waals surface area (Å²) in [5, 5.41) is 0. The summed E-state index contributed by atoms with van der Waals surface area (Å²) >= 11 is 0. The molecule has 4 nitrogen and oxygen atoms in total. The van der Waals surface area contributed by atoms with Crippen LogP contribution in [0.5, 0.6) is 0 Å². The van der Waals surface area contributed by atoms with Crippen molar-refractivity contribution in [3.05, 3.63) is 35.9 Å². The second kappa shape index (κ2) is 4.53. The van der Waals surface area contributed by atoms with E-state index in [1.165, 1.54) is 6.92 Å². The van der Waals surface area contributed by atoms with E-state index in [2.05, 4.69) is 4.74 Å². The molecule has 0 aromatic heterocycles. The van der Waals surface area contributed by atoms with Crippen molar-refractivity contribution in [2.24, 2.45) is 5.73 Å². The van der Waals surface area contributed by atoms with E-state index >= 15 is 0 Å². The van der Waals surface area contributed by atoms with Crippen LogP contribution >= 0.6 is 0 Å². The second-order valence-corrected chi connectivity index (χ2v) is 2.86. The van der Waals surface area contributed by atoms with Gasteiger partial charge in [0, 0.05) is 0 Å². The van der Waals surface area contributed by atoms with E-state index in [1.807, 2.05) is 0 Å². The van der Waals surface area contributed by atoms with Crippen LogP contribution in [0.3, 0.4) is 0 Å². The van der Waals surface area contributed by atoms with Crippen molar-refractivity contribution in [3.8, 4) is 0 Å². The van der Waals surface area contributed by atoms with Gasteiger partial charge in [-0.05, 0) is 19.1 Å². The van der Waals surface area contributed by atoms with Gasteiger partial charge in [0.05, 0.1) is 5.56 Å². The molecule has 0 radical (unpaired) electrons. The maximum Gasteiger partial charge on any atom is 0.345 e. The Kier molecular flexibility index (Phi) is 3.36. The smallest absolute Gasteiger partial charge is 0.345 e. The first-order chi connectivity index (χ1) is 6.61. The molecule has 2 N–H and O–H groups in total. The summed E-state index contributed by atoms with van der Waals surface area (Å²) in [5.41, 5.74) is 5.57. The second-order valence-electron chi connectivity index (χ2n) is 2.86. The molecular formula is C10H11NO3. The van der Waals surface area contributed by atoms with E-state index in [9.17, 15) is 9.59 Å². The third kappa shape index (κ3) is 2.67. The number of carbonyl (C=O) groups excluding carboxylic acids is 2. The molecule has 0 amide bonds. The van der Waals surface area contributed by atoms with Crippen LogP contribution in [-0.2, 0) is 9.53 Å². The molecule has 1 aromatic rings. The van der Waals surface area contributed by atoms with Crippen molar-refractivity contribution in [1.29, 1.82) is 0 Å². The Morgan fingerprint density at radius 3 is 2.36 bits per heavy atom. The van der Waals surface area contributed by atoms with Gasteiger partial charge >= 0.3 is 11.9 Å². The zero-order valence-electron chi connectivity index (χ0n) is 7.77. The Labute approximate surface area is 81.7 Å². The predicted octanol–water partition coefficient (Wildman–Crippen LogP) is 0.717. The molecule has 0 saturated heterocycles.